The molecule has 0 aliphatic carbocycles. The molecule has 44 valence electrons. The smallest absolute Gasteiger partial charge is 0.151 e. The monoisotopic (exact) mass is 131 g/mol. The third-order valence-electron chi connectivity index (χ3n) is 0.808. The van der Waals surface area contributed by atoms with Crippen LogP contribution in [0.3, 0.4) is 0 Å². The van der Waals surface area contributed by atoms with E-state index in [2.05, 4.69) is 5.16 Å². The molecule has 2 nitrogen and oxygen atoms in total. The summed E-state index contributed by atoms with van der Waals surface area (Å²) in [5.74, 6) is 1.13. The van der Waals surface area contributed by atoms with Gasteiger partial charge in [0.1, 0.15) is 0 Å². The molecule has 0 bridgehead atoms. The standard InChI is InChI=1S/C5H6ClNO/c1-4-2-5(3-6)8-7-4/h2H,3H2,1H3. The second-order valence-corrected chi connectivity index (χ2v) is 1.84. The minimum absolute atomic E-state index is 0.404. The van der Waals surface area contributed by atoms with Crippen molar-refractivity contribution in [3.05, 3.63) is 17.5 Å². The van der Waals surface area contributed by atoms with Gasteiger partial charge in [0.15, 0.2) is 5.76 Å². The number of rotatable bonds is 1. The highest BCUT2D eigenvalue weighted by Gasteiger charge is 1.94. The Morgan fingerprint density at radius 1 is 1.88 bits per heavy atom. The number of nitrogens with zero attached hydrogens (tertiary/aromatic N) is 1. The fraction of sp³-hybridized carbons (Fsp3) is 0.400. The summed E-state index contributed by atoms with van der Waals surface area (Å²) in [5.41, 5.74) is 0.876. The van der Waals surface area contributed by atoms with Crippen LogP contribution >= 0.6 is 11.6 Å². The third kappa shape index (κ3) is 1.01. The molecule has 0 saturated heterocycles. The van der Waals surface area contributed by atoms with Crippen LogP contribution in [0.5, 0.6) is 0 Å². The van der Waals surface area contributed by atoms with Gasteiger partial charge < -0.3 is 4.52 Å². The average Bonchev–Trinajstić information content (AvgIpc) is 2.14. The van der Waals surface area contributed by atoms with Gasteiger partial charge in [-0.15, -0.1) is 11.6 Å². The topological polar surface area (TPSA) is 26.0 Å². The van der Waals surface area contributed by atoms with Gasteiger partial charge in [0, 0.05) is 6.07 Å². The summed E-state index contributed by atoms with van der Waals surface area (Å²) in [6.07, 6.45) is 0. The number of aromatic nitrogens is 1. The van der Waals surface area contributed by atoms with Crippen LogP contribution in [0.2, 0.25) is 0 Å². The Labute approximate surface area is 52.4 Å². The highest BCUT2D eigenvalue weighted by Crippen LogP contribution is 2.03. The number of alkyl halides is 1. The molecule has 1 rings (SSSR count). The first kappa shape index (κ1) is 5.63. The lowest BCUT2D eigenvalue weighted by molar-refractivity contribution is 0.390. The van der Waals surface area contributed by atoms with Crippen LogP contribution in [-0.2, 0) is 5.88 Å². The molecule has 0 saturated carbocycles. The van der Waals surface area contributed by atoms with Crippen LogP contribution in [0, 0.1) is 6.92 Å². The minimum atomic E-state index is 0.404. The average molecular weight is 132 g/mol. The van der Waals surface area contributed by atoms with E-state index in [9.17, 15) is 0 Å². The Hall–Kier alpha value is -0.500. The van der Waals surface area contributed by atoms with E-state index in [0.717, 1.165) is 11.5 Å². The number of halogens is 1. The predicted molar refractivity (Wildman–Crippen MR) is 30.8 cm³/mol. The molecule has 3 heteroatoms. The zero-order chi connectivity index (χ0) is 5.98. The summed E-state index contributed by atoms with van der Waals surface area (Å²) in [5, 5.41) is 3.63. The molecule has 1 aromatic rings. The van der Waals surface area contributed by atoms with E-state index < -0.39 is 0 Å². The van der Waals surface area contributed by atoms with Gasteiger partial charge in [0.2, 0.25) is 0 Å². The second kappa shape index (κ2) is 2.18. The van der Waals surface area contributed by atoms with Gasteiger partial charge in [-0.05, 0) is 6.92 Å². The fourth-order valence-corrected chi connectivity index (χ4v) is 0.605. The normalized spacial score (nSPS) is 9.75. The number of hydrogen-bond acceptors (Lipinski definition) is 2. The first-order valence-electron chi connectivity index (χ1n) is 2.31. The van der Waals surface area contributed by atoms with Crippen LogP contribution in [-0.4, -0.2) is 5.16 Å². The van der Waals surface area contributed by atoms with Crippen molar-refractivity contribution >= 4 is 11.6 Å². The Morgan fingerprint density at radius 2 is 2.62 bits per heavy atom. The summed E-state index contributed by atoms with van der Waals surface area (Å²) in [7, 11) is 0. The van der Waals surface area contributed by atoms with Crippen molar-refractivity contribution in [3.63, 3.8) is 0 Å². The first-order chi connectivity index (χ1) is 3.83. The Balaban J connectivity index is 2.84. The molecule has 0 N–H and O–H groups in total. The van der Waals surface area contributed by atoms with Gasteiger partial charge >= 0.3 is 0 Å². The summed E-state index contributed by atoms with van der Waals surface area (Å²) in [4.78, 5) is 0. The van der Waals surface area contributed by atoms with Crippen molar-refractivity contribution in [2.45, 2.75) is 12.8 Å². The van der Waals surface area contributed by atoms with Crippen molar-refractivity contribution in [1.29, 1.82) is 0 Å². The van der Waals surface area contributed by atoms with E-state index in [0.29, 0.717) is 5.88 Å². The molecule has 0 radical (unpaired) electrons. The first-order valence-corrected chi connectivity index (χ1v) is 2.84. The van der Waals surface area contributed by atoms with Crippen LogP contribution in [0.25, 0.3) is 0 Å². The third-order valence-corrected chi connectivity index (χ3v) is 1.07. The van der Waals surface area contributed by atoms with E-state index in [1.165, 1.54) is 0 Å². The largest absolute Gasteiger partial charge is 0.360 e. The van der Waals surface area contributed by atoms with E-state index >= 15 is 0 Å². The minimum Gasteiger partial charge on any atom is -0.360 e. The van der Waals surface area contributed by atoms with E-state index in [4.69, 9.17) is 16.1 Å². The highest BCUT2D eigenvalue weighted by molar-refractivity contribution is 6.16. The molecule has 0 aliphatic heterocycles. The molecule has 0 aromatic carbocycles. The predicted octanol–water partition coefficient (Wildman–Crippen LogP) is 1.72. The molecule has 1 heterocycles. The Kier molecular flexibility index (Phi) is 1.53. The molecule has 0 unspecified atom stereocenters. The molecule has 0 amide bonds. The van der Waals surface area contributed by atoms with Gasteiger partial charge in [0.25, 0.3) is 0 Å². The van der Waals surface area contributed by atoms with Gasteiger partial charge in [-0.3, -0.25) is 0 Å². The molecular formula is C5H6ClNO. The van der Waals surface area contributed by atoms with Crippen molar-refractivity contribution in [2.75, 3.05) is 0 Å². The lowest BCUT2D eigenvalue weighted by atomic mass is 10.4. The van der Waals surface area contributed by atoms with Gasteiger partial charge in [-0.2, -0.15) is 0 Å². The summed E-state index contributed by atoms with van der Waals surface area (Å²) < 4.78 is 4.73. The molecule has 0 fully saturated rings. The molecule has 1 aromatic heterocycles. The summed E-state index contributed by atoms with van der Waals surface area (Å²) in [6, 6.07) is 1.81. The molecule has 0 aliphatic rings. The lowest BCUT2D eigenvalue weighted by Crippen LogP contribution is -1.64. The lowest BCUT2D eigenvalue weighted by Gasteiger charge is -1.74. The van der Waals surface area contributed by atoms with E-state index in [1.54, 1.807) is 0 Å². The van der Waals surface area contributed by atoms with Gasteiger partial charge in [0.05, 0.1) is 11.6 Å². The van der Waals surface area contributed by atoms with Crippen LogP contribution in [0.15, 0.2) is 10.6 Å². The molecule has 8 heavy (non-hydrogen) atoms. The molecule has 0 atom stereocenters. The van der Waals surface area contributed by atoms with Crippen molar-refractivity contribution in [3.8, 4) is 0 Å². The van der Waals surface area contributed by atoms with Crippen molar-refractivity contribution < 1.29 is 4.52 Å². The zero-order valence-electron chi connectivity index (χ0n) is 4.52. The maximum Gasteiger partial charge on any atom is 0.151 e. The number of hydrogen-bond donors (Lipinski definition) is 0. The highest BCUT2D eigenvalue weighted by atomic mass is 35.5. The maximum absolute atomic E-state index is 5.41. The second-order valence-electron chi connectivity index (χ2n) is 1.57. The molecular weight excluding hydrogens is 126 g/mol. The SMILES string of the molecule is Cc1cc(CCl)on1. The molecule has 0 spiro atoms. The van der Waals surface area contributed by atoms with Crippen LogP contribution in [0.1, 0.15) is 11.5 Å². The van der Waals surface area contributed by atoms with Gasteiger partial charge in [-0.25, -0.2) is 0 Å². The summed E-state index contributed by atoms with van der Waals surface area (Å²) >= 11 is 5.41. The van der Waals surface area contributed by atoms with Crippen molar-refractivity contribution in [1.82, 2.24) is 5.16 Å². The van der Waals surface area contributed by atoms with E-state index in [1.807, 2.05) is 13.0 Å². The van der Waals surface area contributed by atoms with Crippen LogP contribution in [0.4, 0.5) is 0 Å². The zero-order valence-corrected chi connectivity index (χ0v) is 5.27. The maximum atomic E-state index is 5.41. The van der Waals surface area contributed by atoms with Crippen molar-refractivity contribution in [2.24, 2.45) is 0 Å². The quantitative estimate of drug-likeness (QED) is 0.543. The van der Waals surface area contributed by atoms with E-state index in [-0.39, 0.29) is 0 Å². The van der Waals surface area contributed by atoms with Crippen LogP contribution < -0.4 is 0 Å². The van der Waals surface area contributed by atoms with Gasteiger partial charge in [-0.1, -0.05) is 5.16 Å². The Bertz CT molecular complexity index is 173. The fourth-order valence-electron chi connectivity index (χ4n) is 0.479. The number of aryl methyl sites for hydroxylation is 1. The summed E-state index contributed by atoms with van der Waals surface area (Å²) in [6.45, 7) is 1.86. The Morgan fingerprint density at radius 3 is 2.88 bits per heavy atom.